The molecule has 0 aliphatic carbocycles. The lowest BCUT2D eigenvalue weighted by molar-refractivity contribution is -0.118. The number of Topliss-reactive ketones (excluding diaryl/α,β-unsaturated/α-hetero) is 1. The summed E-state index contributed by atoms with van der Waals surface area (Å²) in [6.45, 7) is 10.1. The summed E-state index contributed by atoms with van der Waals surface area (Å²) >= 11 is 0. The lowest BCUT2D eigenvalue weighted by Gasteiger charge is -2.37. The SMILES string of the molecule is CC(=O)CN1CCC(CCN2CCN(c3cccc(C(C)(F)F)c3)CC2)CC1. The normalized spacial score (nSPS) is 20.5. The Morgan fingerprint density at radius 2 is 1.75 bits per heavy atom. The minimum Gasteiger partial charge on any atom is -0.369 e. The number of benzene rings is 1. The fourth-order valence-corrected chi connectivity index (χ4v) is 4.32. The number of carbonyl (C=O) groups excluding carboxylic acids is 1. The van der Waals surface area contributed by atoms with Crippen LogP contribution in [0.2, 0.25) is 0 Å². The van der Waals surface area contributed by atoms with Crippen LogP contribution in [0, 0.1) is 5.92 Å². The number of nitrogens with zero attached hydrogens (tertiary/aromatic N) is 3. The molecule has 2 aliphatic rings. The van der Waals surface area contributed by atoms with Crippen LogP contribution in [0.3, 0.4) is 0 Å². The molecule has 28 heavy (non-hydrogen) atoms. The van der Waals surface area contributed by atoms with Crippen LogP contribution in [0.1, 0.15) is 38.7 Å². The Morgan fingerprint density at radius 3 is 2.36 bits per heavy atom. The smallest absolute Gasteiger partial charge is 0.270 e. The van der Waals surface area contributed by atoms with Crippen molar-refractivity contribution in [3.05, 3.63) is 29.8 Å². The average Bonchev–Trinajstić information content (AvgIpc) is 2.67. The molecule has 2 saturated heterocycles. The average molecular weight is 394 g/mol. The van der Waals surface area contributed by atoms with Gasteiger partial charge in [0.1, 0.15) is 5.78 Å². The number of piperazine rings is 1. The first kappa shape index (κ1) is 21.2. The molecule has 0 spiro atoms. The molecule has 0 aromatic heterocycles. The number of halogens is 2. The summed E-state index contributed by atoms with van der Waals surface area (Å²) < 4.78 is 27.2. The number of alkyl halides is 2. The summed E-state index contributed by atoms with van der Waals surface area (Å²) in [6, 6.07) is 6.79. The van der Waals surface area contributed by atoms with Gasteiger partial charge in [0.2, 0.25) is 0 Å². The Labute approximate surface area is 167 Å². The zero-order valence-electron chi connectivity index (χ0n) is 17.2. The van der Waals surface area contributed by atoms with Gasteiger partial charge >= 0.3 is 0 Å². The summed E-state index contributed by atoms with van der Waals surface area (Å²) in [7, 11) is 0. The Balaban J connectivity index is 1.40. The van der Waals surface area contributed by atoms with Crippen LogP contribution in [-0.4, -0.2) is 67.9 Å². The molecule has 1 aromatic carbocycles. The monoisotopic (exact) mass is 393 g/mol. The second-order valence-electron chi connectivity index (χ2n) is 8.48. The zero-order chi connectivity index (χ0) is 20.1. The van der Waals surface area contributed by atoms with Gasteiger partial charge in [0.05, 0.1) is 6.54 Å². The van der Waals surface area contributed by atoms with Crippen molar-refractivity contribution in [3.63, 3.8) is 0 Å². The van der Waals surface area contributed by atoms with Crippen LogP contribution in [0.15, 0.2) is 24.3 Å². The maximum absolute atomic E-state index is 13.6. The number of carbonyl (C=O) groups is 1. The number of piperidine rings is 1. The van der Waals surface area contributed by atoms with Gasteiger partial charge < -0.3 is 4.90 Å². The fourth-order valence-electron chi connectivity index (χ4n) is 4.32. The van der Waals surface area contributed by atoms with Gasteiger partial charge in [0.25, 0.3) is 5.92 Å². The third-order valence-corrected chi connectivity index (χ3v) is 6.10. The molecule has 2 fully saturated rings. The number of hydrogen-bond donors (Lipinski definition) is 0. The third-order valence-electron chi connectivity index (χ3n) is 6.10. The van der Waals surface area contributed by atoms with E-state index in [1.165, 1.54) is 25.3 Å². The molecule has 2 aliphatic heterocycles. The number of hydrogen-bond acceptors (Lipinski definition) is 4. The van der Waals surface area contributed by atoms with E-state index in [-0.39, 0.29) is 11.3 Å². The number of likely N-dealkylation sites (tertiary alicyclic amines) is 1. The van der Waals surface area contributed by atoms with Crippen molar-refractivity contribution in [2.45, 2.75) is 39.0 Å². The number of ketones is 1. The van der Waals surface area contributed by atoms with Crippen LogP contribution in [0.5, 0.6) is 0 Å². The van der Waals surface area contributed by atoms with Crippen molar-refractivity contribution in [1.29, 1.82) is 0 Å². The molecule has 4 nitrogen and oxygen atoms in total. The van der Waals surface area contributed by atoms with Crippen LogP contribution in [0.25, 0.3) is 0 Å². The van der Waals surface area contributed by atoms with Crippen LogP contribution in [-0.2, 0) is 10.7 Å². The number of anilines is 1. The molecular formula is C22H33F2N3O. The highest BCUT2D eigenvalue weighted by Crippen LogP contribution is 2.30. The second kappa shape index (κ2) is 9.31. The molecule has 0 amide bonds. The van der Waals surface area contributed by atoms with E-state index < -0.39 is 5.92 Å². The molecule has 0 atom stereocenters. The molecule has 0 N–H and O–H groups in total. The highest BCUT2D eigenvalue weighted by Gasteiger charge is 2.26. The molecular weight excluding hydrogens is 360 g/mol. The van der Waals surface area contributed by atoms with Gasteiger partial charge in [-0.15, -0.1) is 0 Å². The lowest BCUT2D eigenvalue weighted by atomic mass is 9.93. The van der Waals surface area contributed by atoms with Gasteiger partial charge in [-0.05, 0) is 63.9 Å². The minimum atomic E-state index is -2.79. The van der Waals surface area contributed by atoms with Crippen LogP contribution in [0.4, 0.5) is 14.5 Å². The fraction of sp³-hybridized carbons (Fsp3) is 0.682. The van der Waals surface area contributed by atoms with E-state index >= 15 is 0 Å². The van der Waals surface area contributed by atoms with E-state index in [9.17, 15) is 13.6 Å². The summed E-state index contributed by atoms with van der Waals surface area (Å²) in [5, 5.41) is 0. The summed E-state index contributed by atoms with van der Waals surface area (Å²) in [5.41, 5.74) is 0.986. The van der Waals surface area contributed by atoms with Crippen molar-refractivity contribution in [3.8, 4) is 0 Å². The summed E-state index contributed by atoms with van der Waals surface area (Å²) in [4.78, 5) is 18.2. The van der Waals surface area contributed by atoms with Crippen molar-refractivity contribution in [2.75, 3.05) is 57.3 Å². The largest absolute Gasteiger partial charge is 0.369 e. The van der Waals surface area contributed by atoms with Gasteiger partial charge in [0.15, 0.2) is 0 Å². The highest BCUT2D eigenvalue weighted by atomic mass is 19.3. The van der Waals surface area contributed by atoms with Crippen molar-refractivity contribution in [1.82, 2.24) is 9.80 Å². The standard InChI is InChI=1S/C22H33F2N3O/c1-18(28)17-26-10-7-19(8-11-26)6-9-25-12-14-27(15-13-25)21-5-3-4-20(16-21)22(2,23)24/h3-5,16,19H,6-15,17H2,1-2H3. The maximum atomic E-state index is 13.6. The van der Waals surface area contributed by atoms with Gasteiger partial charge in [0, 0.05) is 44.4 Å². The van der Waals surface area contributed by atoms with Gasteiger partial charge in [-0.2, -0.15) is 0 Å². The predicted octanol–water partition coefficient (Wildman–Crippen LogP) is 3.61. The van der Waals surface area contributed by atoms with Gasteiger partial charge in [-0.25, -0.2) is 8.78 Å². The van der Waals surface area contributed by atoms with Gasteiger partial charge in [-0.1, -0.05) is 12.1 Å². The lowest BCUT2D eigenvalue weighted by Crippen LogP contribution is -2.47. The third kappa shape index (κ3) is 5.98. The van der Waals surface area contributed by atoms with E-state index in [4.69, 9.17) is 0 Å². The Bertz CT molecular complexity index is 645. The number of rotatable bonds is 7. The quantitative estimate of drug-likeness (QED) is 0.707. The predicted molar refractivity (Wildman–Crippen MR) is 109 cm³/mol. The van der Waals surface area contributed by atoms with E-state index in [0.717, 1.165) is 64.3 Å². The topological polar surface area (TPSA) is 26.8 Å². The Morgan fingerprint density at radius 1 is 1.07 bits per heavy atom. The van der Waals surface area contributed by atoms with E-state index in [1.807, 2.05) is 6.07 Å². The summed E-state index contributed by atoms with van der Waals surface area (Å²) in [6.07, 6.45) is 3.59. The Hall–Kier alpha value is -1.53. The summed E-state index contributed by atoms with van der Waals surface area (Å²) in [5.74, 6) is -1.79. The molecule has 0 radical (unpaired) electrons. The molecule has 6 heteroatoms. The van der Waals surface area contributed by atoms with E-state index in [1.54, 1.807) is 19.1 Å². The van der Waals surface area contributed by atoms with Crippen molar-refractivity contribution < 1.29 is 13.6 Å². The first-order chi connectivity index (χ1) is 13.3. The highest BCUT2D eigenvalue weighted by molar-refractivity contribution is 5.77. The second-order valence-corrected chi connectivity index (χ2v) is 8.48. The molecule has 2 heterocycles. The maximum Gasteiger partial charge on any atom is 0.270 e. The Kier molecular flexibility index (Phi) is 7.05. The first-order valence-corrected chi connectivity index (χ1v) is 10.5. The van der Waals surface area contributed by atoms with Crippen LogP contribution < -0.4 is 4.90 Å². The molecule has 0 bridgehead atoms. The first-order valence-electron chi connectivity index (χ1n) is 10.5. The molecule has 3 rings (SSSR count). The van der Waals surface area contributed by atoms with Crippen molar-refractivity contribution in [2.24, 2.45) is 5.92 Å². The van der Waals surface area contributed by atoms with Gasteiger partial charge in [-0.3, -0.25) is 14.6 Å². The van der Waals surface area contributed by atoms with E-state index in [0.29, 0.717) is 6.54 Å². The molecule has 0 saturated carbocycles. The van der Waals surface area contributed by atoms with Crippen LogP contribution >= 0.6 is 0 Å². The zero-order valence-corrected chi connectivity index (χ0v) is 17.2. The van der Waals surface area contributed by atoms with Crippen molar-refractivity contribution >= 4 is 11.5 Å². The molecule has 0 unspecified atom stereocenters. The molecule has 156 valence electrons. The minimum absolute atomic E-state index is 0.0866. The molecule has 1 aromatic rings. The van der Waals surface area contributed by atoms with E-state index in [2.05, 4.69) is 14.7 Å².